The first-order chi connectivity index (χ1) is 8.63. The second-order valence-corrected chi connectivity index (χ2v) is 4.16. The van der Waals surface area contributed by atoms with Crippen LogP contribution in [0.25, 0.3) is 0 Å². The van der Waals surface area contributed by atoms with E-state index in [-0.39, 0.29) is 18.2 Å². The second-order valence-electron chi connectivity index (χ2n) is 3.79. The predicted octanol–water partition coefficient (Wildman–Crippen LogP) is 1.95. The molecule has 0 unspecified atom stereocenters. The number of carbonyl (C=O) groups excluding carboxylic acids is 1. The van der Waals surface area contributed by atoms with Gasteiger partial charge in [0.15, 0.2) is 12.4 Å². The average Bonchev–Trinajstić information content (AvgIpc) is 2.37. The SMILES string of the molecule is O=C1COc2cc([N+](=O)[O-])ccc2N1CCCCl. The zero-order valence-electron chi connectivity index (χ0n) is 9.47. The first-order valence-electron chi connectivity index (χ1n) is 5.41. The average molecular weight is 271 g/mol. The molecular formula is C11H11ClN2O4. The molecule has 6 nitrogen and oxygen atoms in total. The maximum atomic E-state index is 11.7. The Hall–Kier alpha value is -1.82. The molecule has 96 valence electrons. The van der Waals surface area contributed by atoms with E-state index in [1.807, 2.05) is 0 Å². The van der Waals surface area contributed by atoms with Crippen molar-refractivity contribution in [3.8, 4) is 5.75 Å². The van der Waals surface area contributed by atoms with Gasteiger partial charge in [0.05, 0.1) is 16.7 Å². The molecule has 7 heteroatoms. The third kappa shape index (κ3) is 2.38. The molecule has 0 atom stereocenters. The van der Waals surface area contributed by atoms with E-state index in [1.54, 1.807) is 4.90 Å². The van der Waals surface area contributed by atoms with Crippen LogP contribution in [0, 0.1) is 10.1 Å². The van der Waals surface area contributed by atoms with E-state index < -0.39 is 4.92 Å². The Morgan fingerprint density at radius 2 is 2.28 bits per heavy atom. The van der Waals surface area contributed by atoms with Gasteiger partial charge in [0.2, 0.25) is 0 Å². The number of carbonyl (C=O) groups is 1. The zero-order valence-corrected chi connectivity index (χ0v) is 10.2. The van der Waals surface area contributed by atoms with Crippen LogP contribution in [0.15, 0.2) is 18.2 Å². The summed E-state index contributed by atoms with van der Waals surface area (Å²) in [5, 5.41) is 10.7. The number of amides is 1. The van der Waals surface area contributed by atoms with Gasteiger partial charge in [-0.1, -0.05) is 0 Å². The third-order valence-electron chi connectivity index (χ3n) is 2.61. The maximum Gasteiger partial charge on any atom is 0.273 e. The molecular weight excluding hydrogens is 260 g/mol. The molecule has 2 rings (SSSR count). The van der Waals surface area contributed by atoms with E-state index in [9.17, 15) is 14.9 Å². The number of rotatable bonds is 4. The minimum atomic E-state index is -0.497. The van der Waals surface area contributed by atoms with Crippen LogP contribution >= 0.6 is 11.6 Å². The van der Waals surface area contributed by atoms with Crippen LogP contribution in [0.3, 0.4) is 0 Å². The summed E-state index contributed by atoms with van der Waals surface area (Å²) in [4.78, 5) is 23.4. The number of non-ortho nitro benzene ring substituents is 1. The fraction of sp³-hybridized carbons (Fsp3) is 0.364. The molecule has 0 saturated heterocycles. The zero-order chi connectivity index (χ0) is 13.1. The monoisotopic (exact) mass is 270 g/mol. The molecule has 0 bridgehead atoms. The van der Waals surface area contributed by atoms with Crippen LogP contribution in [0.1, 0.15) is 6.42 Å². The molecule has 1 aliphatic rings. The molecule has 0 spiro atoms. The summed E-state index contributed by atoms with van der Waals surface area (Å²) in [6.45, 7) is 0.382. The van der Waals surface area contributed by atoms with Gasteiger partial charge < -0.3 is 9.64 Å². The Morgan fingerprint density at radius 1 is 1.50 bits per heavy atom. The molecule has 0 radical (unpaired) electrons. The Balaban J connectivity index is 2.32. The molecule has 1 aromatic carbocycles. The molecule has 1 aliphatic heterocycles. The molecule has 1 aromatic rings. The smallest absolute Gasteiger partial charge is 0.273 e. The number of anilines is 1. The lowest BCUT2D eigenvalue weighted by Crippen LogP contribution is -2.39. The van der Waals surface area contributed by atoms with Crippen LogP contribution in [0.5, 0.6) is 5.75 Å². The molecule has 0 aromatic heterocycles. The molecule has 0 saturated carbocycles. The van der Waals surface area contributed by atoms with Crippen LogP contribution in [-0.4, -0.2) is 29.9 Å². The number of hydrogen-bond donors (Lipinski definition) is 0. The lowest BCUT2D eigenvalue weighted by molar-refractivity contribution is -0.384. The highest BCUT2D eigenvalue weighted by molar-refractivity contribution is 6.17. The molecule has 0 aliphatic carbocycles. The molecule has 1 heterocycles. The van der Waals surface area contributed by atoms with Crippen molar-refractivity contribution in [3.05, 3.63) is 28.3 Å². The van der Waals surface area contributed by atoms with Crippen molar-refractivity contribution in [2.45, 2.75) is 6.42 Å². The first kappa shape index (κ1) is 12.6. The van der Waals surface area contributed by atoms with Gasteiger partial charge in [-0.2, -0.15) is 0 Å². The van der Waals surface area contributed by atoms with Crippen molar-refractivity contribution in [2.75, 3.05) is 23.9 Å². The number of fused-ring (bicyclic) bond motifs is 1. The number of nitrogens with zero attached hydrogens (tertiary/aromatic N) is 2. The normalized spacial score (nSPS) is 14.1. The van der Waals surface area contributed by atoms with Crippen LogP contribution < -0.4 is 9.64 Å². The fourth-order valence-electron chi connectivity index (χ4n) is 1.77. The predicted molar refractivity (Wildman–Crippen MR) is 66.3 cm³/mol. The summed E-state index contributed by atoms with van der Waals surface area (Å²) >= 11 is 5.60. The minimum Gasteiger partial charge on any atom is -0.481 e. The first-order valence-corrected chi connectivity index (χ1v) is 5.94. The number of nitro benzene ring substituents is 1. The van der Waals surface area contributed by atoms with Crippen molar-refractivity contribution in [1.29, 1.82) is 0 Å². The molecule has 18 heavy (non-hydrogen) atoms. The minimum absolute atomic E-state index is 0.0552. The largest absolute Gasteiger partial charge is 0.481 e. The Kier molecular flexibility index (Phi) is 3.66. The van der Waals surface area contributed by atoms with Gasteiger partial charge in [0.25, 0.3) is 11.6 Å². The number of nitro groups is 1. The number of hydrogen-bond acceptors (Lipinski definition) is 4. The third-order valence-corrected chi connectivity index (χ3v) is 2.88. The molecule has 0 fully saturated rings. The number of halogens is 1. The summed E-state index contributed by atoms with van der Waals surface area (Å²) < 4.78 is 5.21. The van der Waals surface area contributed by atoms with Gasteiger partial charge in [-0.25, -0.2) is 0 Å². The Morgan fingerprint density at radius 3 is 2.94 bits per heavy atom. The lowest BCUT2D eigenvalue weighted by Gasteiger charge is -2.28. The highest BCUT2D eigenvalue weighted by atomic mass is 35.5. The number of ether oxygens (including phenoxy) is 1. The summed E-state index contributed by atoms with van der Waals surface area (Å²) in [7, 11) is 0. The van der Waals surface area contributed by atoms with E-state index >= 15 is 0 Å². The van der Waals surface area contributed by atoms with Crippen LogP contribution in [-0.2, 0) is 4.79 Å². The van der Waals surface area contributed by atoms with E-state index in [2.05, 4.69) is 0 Å². The van der Waals surface area contributed by atoms with Crippen molar-refractivity contribution < 1.29 is 14.5 Å². The maximum absolute atomic E-state index is 11.7. The fourth-order valence-corrected chi connectivity index (χ4v) is 1.89. The van der Waals surface area contributed by atoms with Gasteiger partial charge in [0.1, 0.15) is 0 Å². The summed E-state index contributed by atoms with van der Waals surface area (Å²) in [6.07, 6.45) is 0.656. The second kappa shape index (κ2) is 5.22. The van der Waals surface area contributed by atoms with E-state index in [4.69, 9.17) is 16.3 Å². The number of alkyl halides is 1. The van der Waals surface area contributed by atoms with Gasteiger partial charge >= 0.3 is 0 Å². The van der Waals surface area contributed by atoms with Crippen molar-refractivity contribution in [1.82, 2.24) is 0 Å². The van der Waals surface area contributed by atoms with E-state index in [0.717, 1.165) is 0 Å². The van der Waals surface area contributed by atoms with E-state index in [0.29, 0.717) is 30.3 Å². The highest BCUT2D eigenvalue weighted by Crippen LogP contribution is 2.35. The van der Waals surface area contributed by atoms with Gasteiger partial charge in [-0.15, -0.1) is 11.6 Å². The van der Waals surface area contributed by atoms with Crippen LogP contribution in [0.4, 0.5) is 11.4 Å². The van der Waals surface area contributed by atoms with Gasteiger partial charge in [-0.05, 0) is 12.5 Å². The Bertz CT molecular complexity index is 492. The van der Waals surface area contributed by atoms with Crippen molar-refractivity contribution in [3.63, 3.8) is 0 Å². The number of benzene rings is 1. The topological polar surface area (TPSA) is 72.7 Å². The van der Waals surface area contributed by atoms with Crippen LogP contribution in [0.2, 0.25) is 0 Å². The summed E-state index contributed by atoms with van der Waals surface area (Å²) in [6, 6.07) is 4.21. The quantitative estimate of drug-likeness (QED) is 0.476. The standard InChI is InChI=1S/C11H11ClN2O4/c12-4-1-5-13-9-3-2-8(14(16)17)6-10(9)18-7-11(13)15/h2-3,6H,1,4-5,7H2. The van der Waals surface area contributed by atoms with Crippen molar-refractivity contribution >= 4 is 28.9 Å². The van der Waals surface area contributed by atoms with Gasteiger partial charge in [0, 0.05) is 18.5 Å². The van der Waals surface area contributed by atoms with Gasteiger partial charge in [-0.3, -0.25) is 14.9 Å². The molecule has 0 N–H and O–H groups in total. The molecule has 1 amide bonds. The van der Waals surface area contributed by atoms with E-state index in [1.165, 1.54) is 18.2 Å². The Labute approximate surface area is 108 Å². The van der Waals surface area contributed by atoms with Crippen molar-refractivity contribution in [2.24, 2.45) is 0 Å². The lowest BCUT2D eigenvalue weighted by atomic mass is 10.2. The summed E-state index contributed by atoms with van der Waals surface area (Å²) in [5.41, 5.74) is 0.502. The highest BCUT2D eigenvalue weighted by Gasteiger charge is 2.26. The summed E-state index contributed by atoms with van der Waals surface area (Å²) in [5.74, 6) is 0.646.